The number of carbonyl (C=O) groups is 1. The zero-order chi connectivity index (χ0) is 15.6. The van der Waals surface area contributed by atoms with Gasteiger partial charge in [0, 0.05) is 13.0 Å². The number of benzene rings is 1. The lowest BCUT2D eigenvalue weighted by Crippen LogP contribution is -2.33. The number of amides is 1. The maximum absolute atomic E-state index is 13.3. The zero-order valence-corrected chi connectivity index (χ0v) is 12.9. The Morgan fingerprint density at radius 3 is 3.05 bits per heavy atom. The van der Waals surface area contributed by atoms with E-state index >= 15 is 0 Å². The summed E-state index contributed by atoms with van der Waals surface area (Å²) in [5, 5.41) is 6.32. The number of para-hydroxylation sites is 1. The van der Waals surface area contributed by atoms with Crippen molar-refractivity contribution < 1.29 is 13.9 Å². The summed E-state index contributed by atoms with van der Waals surface area (Å²) < 4.78 is 18.6. The summed E-state index contributed by atoms with van der Waals surface area (Å²) in [4.78, 5) is 11.7. The fourth-order valence-corrected chi connectivity index (χ4v) is 2.65. The Balaban J connectivity index is 1.51. The molecular weight excluding hydrogens is 283 g/mol. The third-order valence-electron chi connectivity index (χ3n) is 3.92. The van der Waals surface area contributed by atoms with Gasteiger partial charge >= 0.3 is 0 Å². The van der Waals surface area contributed by atoms with Crippen molar-refractivity contribution in [2.45, 2.75) is 32.1 Å². The first kappa shape index (κ1) is 16.7. The highest BCUT2D eigenvalue weighted by atomic mass is 19.1. The van der Waals surface area contributed by atoms with Gasteiger partial charge in [-0.2, -0.15) is 0 Å². The van der Waals surface area contributed by atoms with Crippen LogP contribution in [0.1, 0.15) is 32.1 Å². The van der Waals surface area contributed by atoms with Crippen LogP contribution in [0.5, 0.6) is 5.75 Å². The number of nitrogens with one attached hydrogen (secondary N) is 2. The van der Waals surface area contributed by atoms with E-state index in [1.807, 2.05) is 0 Å². The van der Waals surface area contributed by atoms with Crippen LogP contribution in [0.2, 0.25) is 0 Å². The summed E-state index contributed by atoms with van der Waals surface area (Å²) in [6.07, 6.45) is 4.51. The Morgan fingerprint density at radius 1 is 1.41 bits per heavy atom. The minimum atomic E-state index is -0.368. The molecular formula is C17H25FN2O2. The molecule has 122 valence electrons. The monoisotopic (exact) mass is 308 g/mol. The molecule has 1 aromatic rings. The average Bonchev–Trinajstić information content (AvgIpc) is 2.54. The van der Waals surface area contributed by atoms with Crippen LogP contribution in [0.15, 0.2) is 24.3 Å². The first-order valence-corrected chi connectivity index (χ1v) is 8.10. The van der Waals surface area contributed by atoms with Crippen LogP contribution in [0, 0.1) is 11.7 Å². The van der Waals surface area contributed by atoms with Crippen LogP contribution in [0.3, 0.4) is 0 Å². The largest absolute Gasteiger partial charge is 0.491 e. The molecule has 0 bridgehead atoms. The van der Waals surface area contributed by atoms with E-state index < -0.39 is 0 Å². The van der Waals surface area contributed by atoms with Crippen LogP contribution < -0.4 is 15.4 Å². The zero-order valence-electron chi connectivity index (χ0n) is 12.9. The Bertz CT molecular complexity index is 462. The summed E-state index contributed by atoms with van der Waals surface area (Å²) in [6, 6.07) is 6.30. The second-order valence-corrected chi connectivity index (χ2v) is 5.73. The van der Waals surface area contributed by atoms with Gasteiger partial charge in [-0.25, -0.2) is 4.39 Å². The molecule has 5 heteroatoms. The maximum atomic E-state index is 13.3. The lowest BCUT2D eigenvalue weighted by Gasteiger charge is -2.22. The molecule has 1 amide bonds. The quantitative estimate of drug-likeness (QED) is 0.726. The maximum Gasteiger partial charge on any atom is 0.220 e. The van der Waals surface area contributed by atoms with E-state index in [1.165, 1.54) is 18.9 Å². The van der Waals surface area contributed by atoms with E-state index in [0.29, 0.717) is 25.4 Å². The molecule has 2 rings (SSSR count). The topological polar surface area (TPSA) is 50.4 Å². The number of ether oxygens (including phenoxy) is 1. The van der Waals surface area contributed by atoms with Gasteiger partial charge in [0.15, 0.2) is 11.6 Å². The van der Waals surface area contributed by atoms with Crippen molar-refractivity contribution >= 4 is 5.91 Å². The Morgan fingerprint density at radius 2 is 2.27 bits per heavy atom. The summed E-state index contributed by atoms with van der Waals surface area (Å²) in [5.41, 5.74) is 0. The van der Waals surface area contributed by atoms with Crippen LogP contribution in [0.4, 0.5) is 4.39 Å². The van der Waals surface area contributed by atoms with Gasteiger partial charge in [0.25, 0.3) is 0 Å². The van der Waals surface area contributed by atoms with Gasteiger partial charge in [0.05, 0.1) is 6.61 Å². The molecule has 1 aliphatic heterocycles. The second-order valence-electron chi connectivity index (χ2n) is 5.73. The number of hydrogen-bond donors (Lipinski definition) is 2. The smallest absolute Gasteiger partial charge is 0.220 e. The van der Waals surface area contributed by atoms with Gasteiger partial charge in [-0.3, -0.25) is 4.79 Å². The van der Waals surface area contributed by atoms with Gasteiger partial charge in [0.1, 0.15) is 0 Å². The van der Waals surface area contributed by atoms with Crippen molar-refractivity contribution in [1.29, 1.82) is 0 Å². The van der Waals surface area contributed by atoms with Crippen LogP contribution in [-0.2, 0) is 4.79 Å². The first-order valence-electron chi connectivity index (χ1n) is 8.10. The van der Waals surface area contributed by atoms with Gasteiger partial charge < -0.3 is 15.4 Å². The Labute approximate surface area is 131 Å². The normalized spacial score (nSPS) is 18.0. The predicted molar refractivity (Wildman–Crippen MR) is 84.3 cm³/mol. The number of hydrogen-bond acceptors (Lipinski definition) is 3. The highest BCUT2D eigenvalue weighted by molar-refractivity contribution is 5.75. The molecule has 22 heavy (non-hydrogen) atoms. The van der Waals surface area contributed by atoms with Crippen molar-refractivity contribution in [1.82, 2.24) is 10.6 Å². The SMILES string of the molecule is O=C(CCCOc1ccccc1F)NCCC1CCCNC1. The Hall–Kier alpha value is -1.62. The van der Waals surface area contributed by atoms with Gasteiger partial charge in [-0.05, 0) is 56.8 Å². The fraction of sp³-hybridized carbons (Fsp3) is 0.588. The van der Waals surface area contributed by atoms with Crippen LogP contribution in [-0.4, -0.2) is 32.1 Å². The molecule has 1 aromatic carbocycles. The molecule has 0 aliphatic carbocycles. The molecule has 2 N–H and O–H groups in total. The molecule has 0 radical (unpaired) electrons. The summed E-state index contributed by atoms with van der Waals surface area (Å²) in [5.74, 6) is 0.597. The Kier molecular flexibility index (Phi) is 7.16. The molecule has 1 atom stereocenters. The third kappa shape index (κ3) is 6.02. The molecule has 0 saturated carbocycles. The van der Waals surface area contributed by atoms with Gasteiger partial charge in [-0.15, -0.1) is 0 Å². The van der Waals surface area contributed by atoms with E-state index in [1.54, 1.807) is 18.2 Å². The molecule has 1 saturated heterocycles. The number of halogens is 1. The van der Waals surface area contributed by atoms with Crippen molar-refractivity contribution in [2.75, 3.05) is 26.2 Å². The lowest BCUT2D eigenvalue weighted by atomic mass is 9.96. The number of carbonyl (C=O) groups excluding carboxylic acids is 1. The summed E-state index contributed by atoms with van der Waals surface area (Å²) >= 11 is 0. The predicted octanol–water partition coefficient (Wildman–Crippen LogP) is 2.49. The van der Waals surface area contributed by atoms with Crippen molar-refractivity contribution in [3.05, 3.63) is 30.1 Å². The minimum absolute atomic E-state index is 0.0425. The van der Waals surface area contributed by atoms with Crippen LogP contribution in [0.25, 0.3) is 0 Å². The molecule has 0 aromatic heterocycles. The number of rotatable bonds is 8. The van der Waals surface area contributed by atoms with E-state index in [2.05, 4.69) is 10.6 Å². The second kappa shape index (κ2) is 9.41. The molecule has 1 fully saturated rings. The fourth-order valence-electron chi connectivity index (χ4n) is 2.65. The molecule has 1 unspecified atom stereocenters. The van der Waals surface area contributed by atoms with Gasteiger partial charge in [0.2, 0.25) is 5.91 Å². The average molecular weight is 308 g/mol. The highest BCUT2D eigenvalue weighted by Gasteiger charge is 2.12. The standard InChI is InChI=1S/C17H25FN2O2/c18-15-6-1-2-7-16(15)22-12-4-8-17(21)20-11-9-14-5-3-10-19-13-14/h1-2,6-7,14,19H,3-5,8-13H2,(H,20,21). The van der Waals surface area contributed by atoms with Crippen molar-refractivity contribution in [3.63, 3.8) is 0 Å². The van der Waals surface area contributed by atoms with E-state index in [0.717, 1.165) is 26.1 Å². The van der Waals surface area contributed by atoms with Crippen molar-refractivity contribution in [3.8, 4) is 5.75 Å². The summed E-state index contributed by atoms with van der Waals surface area (Å²) in [6.45, 7) is 3.26. The highest BCUT2D eigenvalue weighted by Crippen LogP contribution is 2.15. The molecule has 4 nitrogen and oxygen atoms in total. The van der Waals surface area contributed by atoms with E-state index in [9.17, 15) is 9.18 Å². The molecule has 1 heterocycles. The minimum Gasteiger partial charge on any atom is -0.491 e. The van der Waals surface area contributed by atoms with Gasteiger partial charge in [-0.1, -0.05) is 12.1 Å². The van der Waals surface area contributed by atoms with E-state index in [4.69, 9.17) is 4.74 Å². The van der Waals surface area contributed by atoms with E-state index in [-0.39, 0.29) is 17.5 Å². The van der Waals surface area contributed by atoms with Crippen molar-refractivity contribution in [2.24, 2.45) is 5.92 Å². The molecule has 0 spiro atoms. The first-order chi connectivity index (χ1) is 10.8. The third-order valence-corrected chi connectivity index (χ3v) is 3.92. The summed E-state index contributed by atoms with van der Waals surface area (Å²) in [7, 11) is 0. The number of piperidine rings is 1. The molecule has 1 aliphatic rings. The lowest BCUT2D eigenvalue weighted by molar-refractivity contribution is -0.121. The van der Waals surface area contributed by atoms with Crippen LogP contribution >= 0.6 is 0 Å².